The standard InChI is InChI=1S/C12H16ClNO4/c1-12(2,3)14(6-4-9(15)16)11(17)8-5-7-18-10(8)13/h5,7H,4,6H2,1-3H3,(H,15,16). The lowest BCUT2D eigenvalue weighted by Crippen LogP contribution is -2.46. The average Bonchev–Trinajstić information content (AvgIpc) is 2.61. The molecule has 0 aliphatic carbocycles. The molecule has 1 heterocycles. The summed E-state index contributed by atoms with van der Waals surface area (Å²) in [7, 11) is 0. The first-order chi connectivity index (χ1) is 8.23. The van der Waals surface area contributed by atoms with Crippen LogP contribution >= 0.6 is 11.6 Å². The Kier molecular flexibility index (Phi) is 4.40. The number of hydrogen-bond donors (Lipinski definition) is 1. The average molecular weight is 274 g/mol. The monoisotopic (exact) mass is 273 g/mol. The molecular formula is C12H16ClNO4. The van der Waals surface area contributed by atoms with Gasteiger partial charge in [0.15, 0.2) is 0 Å². The zero-order valence-corrected chi connectivity index (χ0v) is 11.3. The van der Waals surface area contributed by atoms with Gasteiger partial charge in [0.25, 0.3) is 5.91 Å². The number of hydrogen-bond acceptors (Lipinski definition) is 3. The lowest BCUT2D eigenvalue weighted by molar-refractivity contribution is -0.137. The molecular weight excluding hydrogens is 258 g/mol. The van der Waals surface area contributed by atoms with Gasteiger partial charge in [-0.05, 0) is 38.4 Å². The zero-order valence-electron chi connectivity index (χ0n) is 10.6. The molecule has 5 nitrogen and oxygen atoms in total. The number of carbonyl (C=O) groups is 2. The highest BCUT2D eigenvalue weighted by atomic mass is 35.5. The molecule has 0 fully saturated rings. The molecule has 0 spiro atoms. The summed E-state index contributed by atoms with van der Waals surface area (Å²) in [6, 6.07) is 1.48. The Hall–Kier alpha value is -1.49. The summed E-state index contributed by atoms with van der Waals surface area (Å²) < 4.78 is 4.88. The fraction of sp³-hybridized carbons (Fsp3) is 0.500. The van der Waals surface area contributed by atoms with Crippen LogP contribution in [0.15, 0.2) is 16.7 Å². The van der Waals surface area contributed by atoms with Crippen LogP contribution in [0.3, 0.4) is 0 Å². The number of amides is 1. The predicted octanol–water partition coefficient (Wildman–Crippen LogP) is 2.65. The first-order valence-electron chi connectivity index (χ1n) is 5.50. The van der Waals surface area contributed by atoms with E-state index in [1.807, 2.05) is 20.8 Å². The summed E-state index contributed by atoms with van der Waals surface area (Å²) in [5.74, 6) is -1.28. The molecule has 18 heavy (non-hydrogen) atoms. The SMILES string of the molecule is CC(C)(C)N(CCC(=O)O)C(=O)c1ccoc1Cl. The van der Waals surface area contributed by atoms with E-state index in [-0.39, 0.29) is 29.7 Å². The van der Waals surface area contributed by atoms with E-state index in [1.165, 1.54) is 17.2 Å². The summed E-state index contributed by atoms with van der Waals surface area (Å²) in [6.45, 7) is 5.63. The summed E-state index contributed by atoms with van der Waals surface area (Å²) in [4.78, 5) is 24.4. The first kappa shape index (κ1) is 14.6. The first-order valence-corrected chi connectivity index (χ1v) is 5.88. The van der Waals surface area contributed by atoms with E-state index in [1.54, 1.807) is 0 Å². The third-order valence-electron chi connectivity index (χ3n) is 2.45. The van der Waals surface area contributed by atoms with Crippen LogP contribution in [0.5, 0.6) is 0 Å². The summed E-state index contributed by atoms with van der Waals surface area (Å²) in [6.07, 6.45) is 1.21. The minimum absolute atomic E-state index is 0.0181. The van der Waals surface area contributed by atoms with Crippen LogP contribution < -0.4 is 0 Å². The normalized spacial score (nSPS) is 11.3. The van der Waals surface area contributed by atoms with Gasteiger partial charge in [-0.2, -0.15) is 0 Å². The van der Waals surface area contributed by atoms with E-state index in [4.69, 9.17) is 21.1 Å². The number of carbonyl (C=O) groups excluding carboxylic acids is 1. The molecule has 6 heteroatoms. The third kappa shape index (κ3) is 3.50. The molecule has 0 aromatic carbocycles. The van der Waals surface area contributed by atoms with Crippen LogP contribution in [0.2, 0.25) is 5.22 Å². The summed E-state index contributed by atoms with van der Waals surface area (Å²) in [5.41, 5.74) is -0.246. The highest BCUT2D eigenvalue weighted by Crippen LogP contribution is 2.23. The molecule has 0 atom stereocenters. The van der Waals surface area contributed by atoms with Gasteiger partial charge in [-0.3, -0.25) is 9.59 Å². The lowest BCUT2D eigenvalue weighted by Gasteiger charge is -2.35. The smallest absolute Gasteiger partial charge is 0.305 e. The number of carboxylic acid groups (broad SMARTS) is 1. The second-order valence-electron chi connectivity index (χ2n) is 4.88. The number of rotatable bonds is 4. The molecule has 0 bridgehead atoms. The topological polar surface area (TPSA) is 70.8 Å². The van der Waals surface area contributed by atoms with Gasteiger partial charge in [-0.15, -0.1) is 0 Å². The van der Waals surface area contributed by atoms with Crippen molar-refractivity contribution in [2.75, 3.05) is 6.54 Å². The van der Waals surface area contributed by atoms with Crippen LogP contribution in [0.25, 0.3) is 0 Å². The van der Waals surface area contributed by atoms with Gasteiger partial charge in [0.05, 0.1) is 18.2 Å². The molecule has 100 valence electrons. The van der Waals surface area contributed by atoms with Crippen LogP contribution in [-0.2, 0) is 4.79 Å². The summed E-state index contributed by atoms with van der Waals surface area (Å²) >= 11 is 5.76. The minimum Gasteiger partial charge on any atom is -0.481 e. The fourth-order valence-corrected chi connectivity index (χ4v) is 1.74. The highest BCUT2D eigenvalue weighted by Gasteiger charge is 2.29. The van der Waals surface area contributed by atoms with E-state index < -0.39 is 11.5 Å². The van der Waals surface area contributed by atoms with Gasteiger partial charge in [-0.1, -0.05) is 0 Å². The molecule has 0 saturated carbocycles. The zero-order chi connectivity index (χ0) is 13.9. The number of carboxylic acids is 1. The van der Waals surface area contributed by atoms with Crippen molar-refractivity contribution in [3.8, 4) is 0 Å². The predicted molar refractivity (Wildman–Crippen MR) is 66.8 cm³/mol. The van der Waals surface area contributed by atoms with Gasteiger partial charge in [0.1, 0.15) is 0 Å². The maximum atomic E-state index is 12.3. The molecule has 0 radical (unpaired) electrons. The fourth-order valence-electron chi connectivity index (χ4n) is 1.54. The summed E-state index contributed by atoms with van der Waals surface area (Å²) in [5, 5.41) is 8.73. The van der Waals surface area contributed by atoms with E-state index in [2.05, 4.69) is 0 Å². The van der Waals surface area contributed by atoms with Crippen LogP contribution in [0, 0.1) is 0 Å². The largest absolute Gasteiger partial charge is 0.481 e. The second kappa shape index (κ2) is 5.44. The second-order valence-corrected chi connectivity index (χ2v) is 5.22. The van der Waals surface area contributed by atoms with Crippen molar-refractivity contribution < 1.29 is 19.1 Å². The molecule has 1 aromatic heterocycles. The van der Waals surface area contributed by atoms with Gasteiger partial charge >= 0.3 is 5.97 Å². The highest BCUT2D eigenvalue weighted by molar-refractivity contribution is 6.32. The maximum Gasteiger partial charge on any atom is 0.305 e. The van der Waals surface area contributed by atoms with Crippen molar-refractivity contribution in [1.29, 1.82) is 0 Å². The van der Waals surface area contributed by atoms with Crippen molar-refractivity contribution in [1.82, 2.24) is 4.90 Å². The number of aliphatic carboxylic acids is 1. The maximum absolute atomic E-state index is 12.3. The lowest BCUT2D eigenvalue weighted by atomic mass is 10.0. The van der Waals surface area contributed by atoms with Crippen molar-refractivity contribution >= 4 is 23.5 Å². The van der Waals surface area contributed by atoms with Crippen molar-refractivity contribution in [2.24, 2.45) is 0 Å². The van der Waals surface area contributed by atoms with Crippen molar-refractivity contribution in [3.05, 3.63) is 23.1 Å². The van der Waals surface area contributed by atoms with E-state index >= 15 is 0 Å². The van der Waals surface area contributed by atoms with Gasteiger partial charge in [0, 0.05) is 12.1 Å². The number of furan rings is 1. The van der Waals surface area contributed by atoms with E-state index in [9.17, 15) is 9.59 Å². The van der Waals surface area contributed by atoms with Crippen molar-refractivity contribution in [3.63, 3.8) is 0 Å². The van der Waals surface area contributed by atoms with Crippen LogP contribution in [0.4, 0.5) is 0 Å². The van der Waals surface area contributed by atoms with Crippen LogP contribution in [0.1, 0.15) is 37.6 Å². The van der Waals surface area contributed by atoms with Gasteiger partial charge in [0.2, 0.25) is 5.22 Å². The van der Waals surface area contributed by atoms with E-state index in [0.29, 0.717) is 0 Å². The number of nitrogens with zero attached hydrogens (tertiary/aromatic N) is 1. The molecule has 1 rings (SSSR count). The van der Waals surface area contributed by atoms with Gasteiger partial charge in [-0.25, -0.2) is 0 Å². The quantitative estimate of drug-likeness (QED) is 0.915. The Labute approximate surface area is 110 Å². The molecule has 1 aromatic rings. The molecule has 0 aliphatic heterocycles. The Bertz CT molecular complexity index is 447. The van der Waals surface area contributed by atoms with Gasteiger partial charge < -0.3 is 14.4 Å². The molecule has 0 aliphatic rings. The minimum atomic E-state index is -0.949. The Morgan fingerprint density at radius 1 is 1.44 bits per heavy atom. The van der Waals surface area contributed by atoms with E-state index in [0.717, 1.165) is 0 Å². The molecule has 1 amide bonds. The Balaban J connectivity index is 2.94. The van der Waals surface area contributed by atoms with Crippen LogP contribution in [-0.4, -0.2) is 34.0 Å². The molecule has 0 saturated heterocycles. The molecule has 0 unspecified atom stereocenters. The third-order valence-corrected chi connectivity index (χ3v) is 2.75. The Morgan fingerprint density at radius 3 is 2.44 bits per heavy atom. The van der Waals surface area contributed by atoms with Crippen molar-refractivity contribution in [2.45, 2.75) is 32.7 Å². The molecule has 1 N–H and O–H groups in total. The Morgan fingerprint density at radius 2 is 2.06 bits per heavy atom. The number of halogens is 1.